The van der Waals surface area contributed by atoms with E-state index < -0.39 is 0 Å². The molecule has 2 heterocycles. The highest BCUT2D eigenvalue weighted by atomic mass is 16.5. The van der Waals surface area contributed by atoms with E-state index in [1.54, 1.807) is 24.3 Å². The second kappa shape index (κ2) is 7.13. The number of ether oxygens (including phenoxy) is 1. The van der Waals surface area contributed by atoms with Crippen LogP contribution >= 0.6 is 0 Å². The zero-order valence-electron chi connectivity index (χ0n) is 13.7. The minimum atomic E-state index is -0.285. The van der Waals surface area contributed by atoms with Crippen molar-refractivity contribution in [3.05, 3.63) is 24.3 Å². The fraction of sp³-hybridized carbons (Fsp3) is 0.556. The molecule has 2 amide bonds. The first-order valence-corrected chi connectivity index (χ1v) is 8.54. The van der Waals surface area contributed by atoms with Gasteiger partial charge in [0.2, 0.25) is 5.91 Å². The number of carbonyl (C=O) groups is 2. The molecule has 23 heavy (non-hydrogen) atoms. The maximum Gasteiger partial charge on any atom is 0.251 e. The third-order valence-corrected chi connectivity index (χ3v) is 4.61. The number of imide groups is 1. The summed E-state index contributed by atoms with van der Waals surface area (Å²) >= 11 is 0. The van der Waals surface area contributed by atoms with E-state index in [9.17, 15) is 9.59 Å². The van der Waals surface area contributed by atoms with Gasteiger partial charge in [-0.05, 0) is 57.1 Å². The highest BCUT2D eigenvalue weighted by Crippen LogP contribution is 2.28. The SMILES string of the molecule is CCOc1ccc(N2C(=O)C[C@@H](N3CCCCCC3)C2=O)cc1. The summed E-state index contributed by atoms with van der Waals surface area (Å²) in [5.41, 5.74) is 0.640. The van der Waals surface area contributed by atoms with Crippen LogP contribution in [0.1, 0.15) is 39.0 Å². The van der Waals surface area contributed by atoms with Crippen molar-refractivity contribution in [2.75, 3.05) is 24.6 Å². The molecule has 1 aromatic rings. The van der Waals surface area contributed by atoms with Gasteiger partial charge in [-0.2, -0.15) is 0 Å². The highest BCUT2D eigenvalue weighted by molar-refractivity contribution is 6.22. The molecule has 0 unspecified atom stereocenters. The molecule has 3 rings (SSSR count). The molecule has 0 radical (unpaired) electrons. The summed E-state index contributed by atoms with van der Waals surface area (Å²) in [5.74, 6) is 0.564. The second-order valence-corrected chi connectivity index (χ2v) is 6.16. The number of hydrogen-bond donors (Lipinski definition) is 0. The summed E-state index contributed by atoms with van der Waals surface area (Å²) < 4.78 is 5.41. The first kappa shape index (κ1) is 16.0. The number of nitrogens with zero attached hydrogens (tertiary/aromatic N) is 2. The van der Waals surface area contributed by atoms with E-state index in [0.29, 0.717) is 18.7 Å². The summed E-state index contributed by atoms with van der Waals surface area (Å²) in [6.07, 6.45) is 4.95. The van der Waals surface area contributed by atoms with Crippen molar-refractivity contribution in [3.63, 3.8) is 0 Å². The lowest BCUT2D eigenvalue weighted by molar-refractivity contribution is -0.122. The third-order valence-electron chi connectivity index (χ3n) is 4.61. The predicted octanol–water partition coefficient (Wildman–Crippen LogP) is 2.59. The Kier molecular flexibility index (Phi) is 4.96. The molecule has 0 N–H and O–H groups in total. The molecule has 1 aromatic carbocycles. The quantitative estimate of drug-likeness (QED) is 0.801. The molecule has 2 fully saturated rings. The lowest BCUT2D eigenvalue weighted by Gasteiger charge is -2.25. The summed E-state index contributed by atoms with van der Waals surface area (Å²) in [6.45, 7) is 4.35. The van der Waals surface area contributed by atoms with Gasteiger partial charge in [0.05, 0.1) is 24.8 Å². The maximum atomic E-state index is 12.8. The average Bonchev–Trinajstić information content (AvgIpc) is 2.74. The number of likely N-dealkylation sites (tertiary alicyclic amines) is 1. The van der Waals surface area contributed by atoms with E-state index in [0.717, 1.165) is 31.7 Å². The van der Waals surface area contributed by atoms with E-state index >= 15 is 0 Å². The molecule has 0 aliphatic carbocycles. The zero-order valence-corrected chi connectivity index (χ0v) is 13.7. The van der Waals surface area contributed by atoms with Crippen molar-refractivity contribution in [1.82, 2.24) is 4.90 Å². The van der Waals surface area contributed by atoms with E-state index in [2.05, 4.69) is 4.90 Å². The number of carbonyl (C=O) groups excluding carboxylic acids is 2. The van der Waals surface area contributed by atoms with E-state index in [1.165, 1.54) is 17.7 Å². The largest absolute Gasteiger partial charge is 0.494 e. The Hall–Kier alpha value is -1.88. The Labute approximate surface area is 137 Å². The van der Waals surface area contributed by atoms with Crippen LogP contribution in [0.5, 0.6) is 5.75 Å². The molecule has 2 saturated heterocycles. The molecular weight excluding hydrogens is 292 g/mol. The lowest BCUT2D eigenvalue weighted by Crippen LogP contribution is -2.42. The summed E-state index contributed by atoms with van der Waals surface area (Å²) in [4.78, 5) is 28.7. The van der Waals surface area contributed by atoms with Gasteiger partial charge < -0.3 is 4.74 Å². The molecule has 2 aliphatic rings. The van der Waals surface area contributed by atoms with Crippen LogP contribution in [0.25, 0.3) is 0 Å². The Morgan fingerprint density at radius 2 is 1.70 bits per heavy atom. The highest BCUT2D eigenvalue weighted by Gasteiger charge is 2.42. The first-order valence-electron chi connectivity index (χ1n) is 8.54. The van der Waals surface area contributed by atoms with Crippen molar-refractivity contribution in [3.8, 4) is 5.75 Å². The van der Waals surface area contributed by atoms with Gasteiger partial charge in [-0.25, -0.2) is 4.90 Å². The van der Waals surface area contributed by atoms with Gasteiger partial charge in [0.15, 0.2) is 0 Å². The molecule has 1 atom stereocenters. The van der Waals surface area contributed by atoms with Gasteiger partial charge in [0, 0.05) is 0 Å². The van der Waals surface area contributed by atoms with Crippen molar-refractivity contribution in [2.24, 2.45) is 0 Å². The van der Waals surface area contributed by atoms with Gasteiger partial charge in [-0.3, -0.25) is 14.5 Å². The normalized spacial score (nSPS) is 23.2. The van der Waals surface area contributed by atoms with Crippen LogP contribution in [0.2, 0.25) is 0 Å². The van der Waals surface area contributed by atoms with E-state index in [1.807, 2.05) is 6.92 Å². The topological polar surface area (TPSA) is 49.9 Å². The van der Waals surface area contributed by atoms with Crippen LogP contribution in [-0.2, 0) is 9.59 Å². The van der Waals surface area contributed by atoms with Crippen molar-refractivity contribution in [1.29, 1.82) is 0 Å². The molecule has 2 aliphatic heterocycles. The standard InChI is InChI=1S/C18H24N2O3/c1-2-23-15-9-7-14(8-10-15)20-17(21)13-16(18(20)22)19-11-5-3-4-6-12-19/h7-10,16H,2-6,11-13H2,1H3/t16-/m1/s1. The Morgan fingerprint density at radius 3 is 2.30 bits per heavy atom. The molecule has 5 heteroatoms. The van der Waals surface area contributed by atoms with Crippen molar-refractivity contribution < 1.29 is 14.3 Å². The second-order valence-electron chi connectivity index (χ2n) is 6.16. The zero-order chi connectivity index (χ0) is 16.2. The van der Waals surface area contributed by atoms with Crippen LogP contribution in [0, 0.1) is 0 Å². The minimum Gasteiger partial charge on any atom is -0.494 e. The Balaban J connectivity index is 1.75. The summed E-state index contributed by atoms with van der Waals surface area (Å²) in [7, 11) is 0. The van der Waals surface area contributed by atoms with Crippen LogP contribution in [0.15, 0.2) is 24.3 Å². The van der Waals surface area contributed by atoms with Crippen LogP contribution in [0.4, 0.5) is 5.69 Å². The molecule has 5 nitrogen and oxygen atoms in total. The van der Waals surface area contributed by atoms with Gasteiger partial charge in [0.25, 0.3) is 5.91 Å². The van der Waals surface area contributed by atoms with Gasteiger partial charge in [0.1, 0.15) is 5.75 Å². The number of hydrogen-bond acceptors (Lipinski definition) is 4. The molecular formula is C18H24N2O3. The summed E-state index contributed by atoms with van der Waals surface area (Å²) in [6, 6.07) is 6.89. The average molecular weight is 316 g/mol. The smallest absolute Gasteiger partial charge is 0.251 e. The monoisotopic (exact) mass is 316 g/mol. The van der Waals surface area contributed by atoms with Gasteiger partial charge >= 0.3 is 0 Å². The minimum absolute atomic E-state index is 0.0824. The first-order chi connectivity index (χ1) is 11.2. The fourth-order valence-electron chi connectivity index (χ4n) is 3.44. The number of anilines is 1. The molecule has 0 saturated carbocycles. The molecule has 0 bridgehead atoms. The van der Waals surface area contributed by atoms with Crippen LogP contribution in [-0.4, -0.2) is 42.5 Å². The molecule has 0 spiro atoms. The van der Waals surface area contributed by atoms with E-state index in [-0.39, 0.29) is 17.9 Å². The number of amides is 2. The Bertz CT molecular complexity index is 562. The molecule has 0 aromatic heterocycles. The van der Waals surface area contributed by atoms with Crippen LogP contribution in [0.3, 0.4) is 0 Å². The van der Waals surface area contributed by atoms with E-state index in [4.69, 9.17) is 4.74 Å². The number of rotatable bonds is 4. The van der Waals surface area contributed by atoms with Gasteiger partial charge in [-0.15, -0.1) is 0 Å². The molecule has 124 valence electrons. The van der Waals surface area contributed by atoms with Crippen LogP contribution < -0.4 is 9.64 Å². The fourth-order valence-corrected chi connectivity index (χ4v) is 3.44. The van der Waals surface area contributed by atoms with Crippen molar-refractivity contribution >= 4 is 17.5 Å². The van der Waals surface area contributed by atoms with Crippen molar-refractivity contribution in [2.45, 2.75) is 45.1 Å². The lowest BCUT2D eigenvalue weighted by atomic mass is 10.2. The Morgan fingerprint density at radius 1 is 1.04 bits per heavy atom. The number of benzene rings is 1. The van der Waals surface area contributed by atoms with Gasteiger partial charge in [-0.1, -0.05) is 12.8 Å². The summed E-state index contributed by atoms with van der Waals surface area (Å²) in [5, 5.41) is 0. The predicted molar refractivity (Wildman–Crippen MR) is 88.6 cm³/mol. The maximum absolute atomic E-state index is 12.8. The third kappa shape index (κ3) is 3.39.